The van der Waals surface area contributed by atoms with Crippen molar-refractivity contribution in [3.8, 4) is 0 Å². The Balaban J connectivity index is 2.56. The molecular weight excluding hydrogens is 242 g/mol. The molecule has 0 aliphatic carbocycles. The summed E-state index contributed by atoms with van der Waals surface area (Å²) < 4.78 is 4.80. The lowest BCUT2D eigenvalue weighted by atomic mass is 10.1. The minimum atomic E-state index is -0.261. The molecule has 0 heterocycles. The van der Waals surface area contributed by atoms with Crippen LogP contribution >= 0.6 is 0 Å². The Morgan fingerprint density at radius 1 is 1.42 bits per heavy atom. The predicted octanol–water partition coefficient (Wildman–Crippen LogP) is 2.00. The Morgan fingerprint density at radius 3 is 2.79 bits per heavy atom. The van der Waals surface area contributed by atoms with E-state index in [1.165, 1.54) is 7.11 Å². The molecule has 0 aromatic heterocycles. The van der Waals surface area contributed by atoms with Crippen LogP contribution in [-0.4, -0.2) is 24.2 Å². The van der Waals surface area contributed by atoms with Gasteiger partial charge in [0.2, 0.25) is 0 Å². The van der Waals surface area contributed by atoms with Crippen LogP contribution in [0.2, 0.25) is 0 Å². The molecule has 4 heteroatoms. The number of hydrogen-bond donors (Lipinski definition) is 2. The third-order valence-electron chi connectivity index (χ3n) is 3.06. The Hall–Kier alpha value is -1.39. The van der Waals surface area contributed by atoms with Crippen LogP contribution in [0, 0.1) is 0 Å². The summed E-state index contributed by atoms with van der Waals surface area (Å²) in [5.74, 6) is -0.216. The highest BCUT2D eigenvalue weighted by molar-refractivity contribution is 5.75. The van der Waals surface area contributed by atoms with Crippen molar-refractivity contribution in [2.24, 2.45) is 0 Å². The van der Waals surface area contributed by atoms with Crippen LogP contribution in [0.4, 0.5) is 0 Å². The lowest BCUT2D eigenvalue weighted by Gasteiger charge is -2.16. The standard InChI is InChI=1S/C15H23NO3/c1-3-4-8-14(15(18)19-2)16-10-12-6-5-7-13(9-12)11-17/h5-7,9,14,16-17H,3-4,8,10-11H2,1-2H3. The van der Waals surface area contributed by atoms with Crippen molar-refractivity contribution in [3.05, 3.63) is 35.4 Å². The van der Waals surface area contributed by atoms with Crippen LogP contribution in [0.25, 0.3) is 0 Å². The maximum Gasteiger partial charge on any atom is 0.322 e. The monoisotopic (exact) mass is 265 g/mol. The van der Waals surface area contributed by atoms with Gasteiger partial charge in [-0.3, -0.25) is 4.79 Å². The van der Waals surface area contributed by atoms with Gasteiger partial charge in [0.1, 0.15) is 6.04 Å². The summed E-state index contributed by atoms with van der Waals surface area (Å²) in [6.45, 7) is 2.72. The normalized spacial score (nSPS) is 12.2. The fourth-order valence-electron chi connectivity index (χ4n) is 1.93. The molecule has 0 aliphatic rings. The van der Waals surface area contributed by atoms with Crippen LogP contribution in [0.1, 0.15) is 37.3 Å². The molecule has 19 heavy (non-hydrogen) atoms. The van der Waals surface area contributed by atoms with E-state index in [9.17, 15) is 4.79 Å². The van der Waals surface area contributed by atoms with E-state index in [4.69, 9.17) is 9.84 Å². The number of aliphatic hydroxyl groups excluding tert-OH is 1. The number of nitrogens with one attached hydrogen (secondary N) is 1. The third kappa shape index (κ3) is 5.41. The van der Waals surface area contributed by atoms with Gasteiger partial charge >= 0.3 is 5.97 Å². The van der Waals surface area contributed by atoms with E-state index >= 15 is 0 Å². The SMILES string of the molecule is CCCCC(NCc1cccc(CO)c1)C(=O)OC. The van der Waals surface area contributed by atoms with E-state index in [0.29, 0.717) is 6.54 Å². The van der Waals surface area contributed by atoms with E-state index in [2.05, 4.69) is 12.2 Å². The van der Waals surface area contributed by atoms with Crippen molar-refractivity contribution >= 4 is 5.97 Å². The first-order valence-corrected chi connectivity index (χ1v) is 6.71. The second kappa shape index (κ2) is 8.67. The fourth-order valence-corrected chi connectivity index (χ4v) is 1.93. The van der Waals surface area contributed by atoms with Crippen molar-refractivity contribution < 1.29 is 14.6 Å². The van der Waals surface area contributed by atoms with Crippen molar-refractivity contribution in [2.75, 3.05) is 7.11 Å². The molecule has 0 aliphatic heterocycles. The topological polar surface area (TPSA) is 58.6 Å². The maximum atomic E-state index is 11.6. The fraction of sp³-hybridized carbons (Fsp3) is 0.533. The smallest absolute Gasteiger partial charge is 0.322 e. The number of ether oxygens (including phenoxy) is 1. The first-order chi connectivity index (χ1) is 9.21. The van der Waals surface area contributed by atoms with E-state index < -0.39 is 0 Å². The summed E-state index contributed by atoms with van der Waals surface area (Å²) >= 11 is 0. The highest BCUT2D eigenvalue weighted by Gasteiger charge is 2.17. The summed E-state index contributed by atoms with van der Waals surface area (Å²) in [7, 11) is 1.41. The molecule has 0 fully saturated rings. The number of hydrogen-bond acceptors (Lipinski definition) is 4. The molecule has 1 aromatic rings. The van der Waals surface area contributed by atoms with Gasteiger partial charge in [-0.2, -0.15) is 0 Å². The van der Waals surface area contributed by atoms with E-state index in [1.807, 2.05) is 24.3 Å². The summed E-state index contributed by atoms with van der Waals surface area (Å²) in [5, 5.41) is 12.3. The molecule has 0 saturated heterocycles. The summed E-state index contributed by atoms with van der Waals surface area (Å²) in [6, 6.07) is 7.42. The quantitative estimate of drug-likeness (QED) is 0.706. The Labute approximate surface area is 114 Å². The van der Waals surface area contributed by atoms with Gasteiger partial charge in [-0.15, -0.1) is 0 Å². The summed E-state index contributed by atoms with van der Waals surface area (Å²) in [5.41, 5.74) is 1.93. The second-order valence-corrected chi connectivity index (χ2v) is 4.58. The lowest BCUT2D eigenvalue weighted by molar-refractivity contribution is -0.143. The van der Waals surface area contributed by atoms with Crippen LogP contribution < -0.4 is 5.32 Å². The molecule has 106 valence electrons. The molecule has 0 amide bonds. The van der Waals surface area contributed by atoms with Gasteiger partial charge in [-0.1, -0.05) is 44.0 Å². The van der Waals surface area contributed by atoms with Crippen LogP contribution in [0.5, 0.6) is 0 Å². The van der Waals surface area contributed by atoms with Crippen molar-refractivity contribution in [2.45, 2.75) is 45.4 Å². The van der Waals surface area contributed by atoms with Crippen molar-refractivity contribution in [1.29, 1.82) is 0 Å². The zero-order valence-electron chi connectivity index (χ0n) is 11.7. The van der Waals surface area contributed by atoms with E-state index in [1.54, 1.807) is 0 Å². The van der Waals surface area contributed by atoms with Gasteiger partial charge in [0.05, 0.1) is 13.7 Å². The van der Waals surface area contributed by atoms with Gasteiger partial charge in [0.15, 0.2) is 0 Å². The molecule has 1 rings (SSSR count). The second-order valence-electron chi connectivity index (χ2n) is 4.58. The number of carbonyl (C=O) groups excluding carboxylic acids is 1. The van der Waals surface area contributed by atoms with E-state index in [-0.39, 0.29) is 18.6 Å². The Bertz CT molecular complexity index is 393. The largest absolute Gasteiger partial charge is 0.468 e. The molecular formula is C15H23NO3. The number of carbonyl (C=O) groups is 1. The number of unbranched alkanes of at least 4 members (excludes halogenated alkanes) is 1. The molecule has 2 N–H and O–H groups in total. The molecule has 1 aromatic carbocycles. The van der Waals surface area contributed by atoms with Crippen LogP contribution in [0.15, 0.2) is 24.3 Å². The molecule has 0 radical (unpaired) electrons. The summed E-state index contributed by atoms with van der Waals surface area (Å²) in [4.78, 5) is 11.6. The van der Waals surface area contributed by atoms with Crippen LogP contribution in [0.3, 0.4) is 0 Å². The minimum Gasteiger partial charge on any atom is -0.468 e. The highest BCUT2D eigenvalue weighted by atomic mass is 16.5. The van der Waals surface area contributed by atoms with Gasteiger partial charge in [0.25, 0.3) is 0 Å². The van der Waals surface area contributed by atoms with Crippen molar-refractivity contribution in [1.82, 2.24) is 5.32 Å². The average molecular weight is 265 g/mol. The number of esters is 1. The van der Waals surface area contributed by atoms with Gasteiger partial charge in [-0.25, -0.2) is 0 Å². The summed E-state index contributed by atoms with van der Waals surface area (Å²) in [6.07, 6.45) is 2.82. The van der Waals surface area contributed by atoms with Gasteiger partial charge < -0.3 is 15.2 Å². The van der Waals surface area contributed by atoms with Gasteiger partial charge in [0, 0.05) is 6.54 Å². The molecule has 4 nitrogen and oxygen atoms in total. The highest BCUT2D eigenvalue weighted by Crippen LogP contribution is 2.07. The predicted molar refractivity (Wildman–Crippen MR) is 74.5 cm³/mol. The molecule has 0 spiro atoms. The Morgan fingerprint density at radius 2 is 2.16 bits per heavy atom. The van der Waals surface area contributed by atoms with E-state index in [0.717, 1.165) is 30.4 Å². The minimum absolute atomic E-state index is 0.0319. The first-order valence-electron chi connectivity index (χ1n) is 6.71. The molecule has 1 atom stereocenters. The number of rotatable bonds is 8. The number of aliphatic hydroxyl groups is 1. The van der Waals surface area contributed by atoms with Crippen LogP contribution in [-0.2, 0) is 22.7 Å². The van der Waals surface area contributed by atoms with Gasteiger partial charge in [-0.05, 0) is 17.5 Å². The third-order valence-corrected chi connectivity index (χ3v) is 3.06. The first kappa shape index (κ1) is 15.7. The zero-order valence-corrected chi connectivity index (χ0v) is 11.7. The number of benzene rings is 1. The lowest BCUT2D eigenvalue weighted by Crippen LogP contribution is -2.37. The maximum absolute atomic E-state index is 11.6. The zero-order chi connectivity index (χ0) is 14.1. The molecule has 0 saturated carbocycles. The Kier molecular flexibility index (Phi) is 7.15. The molecule has 1 unspecified atom stereocenters. The molecule has 0 bridgehead atoms. The number of methoxy groups -OCH3 is 1. The average Bonchev–Trinajstić information content (AvgIpc) is 2.46. The van der Waals surface area contributed by atoms with Crippen molar-refractivity contribution in [3.63, 3.8) is 0 Å².